The lowest BCUT2D eigenvalue weighted by molar-refractivity contribution is 0.0881. The third-order valence-electron chi connectivity index (χ3n) is 2.84. The van der Waals surface area contributed by atoms with Crippen molar-refractivity contribution in [2.24, 2.45) is 13.0 Å². The summed E-state index contributed by atoms with van der Waals surface area (Å²) >= 11 is 3.52. The number of likely N-dealkylation sites (tertiary alicyclic amines) is 1. The van der Waals surface area contributed by atoms with Crippen LogP contribution >= 0.6 is 15.9 Å². The van der Waals surface area contributed by atoms with E-state index in [2.05, 4.69) is 32.9 Å². The number of aromatic nitrogens is 2. The summed E-state index contributed by atoms with van der Waals surface area (Å²) in [7, 11) is 1.96. The molecule has 2 heterocycles. The Morgan fingerprint density at radius 3 is 2.79 bits per heavy atom. The highest BCUT2D eigenvalue weighted by Crippen LogP contribution is 2.23. The van der Waals surface area contributed by atoms with Gasteiger partial charge in [-0.2, -0.15) is 5.10 Å². The molecule has 0 atom stereocenters. The lowest BCUT2D eigenvalue weighted by Gasteiger charge is -2.38. The van der Waals surface area contributed by atoms with Gasteiger partial charge in [-0.05, 0) is 21.8 Å². The molecule has 1 aliphatic rings. The van der Waals surface area contributed by atoms with E-state index in [1.54, 1.807) is 0 Å². The highest BCUT2D eigenvalue weighted by Gasteiger charge is 2.25. The van der Waals surface area contributed by atoms with Crippen molar-refractivity contribution in [2.75, 3.05) is 13.1 Å². The Labute approximate surface area is 93.2 Å². The van der Waals surface area contributed by atoms with E-state index >= 15 is 0 Å². The van der Waals surface area contributed by atoms with E-state index in [1.807, 2.05) is 17.9 Å². The maximum Gasteiger partial charge on any atom is 0.0906 e. The summed E-state index contributed by atoms with van der Waals surface area (Å²) in [4.78, 5) is 2.45. The van der Waals surface area contributed by atoms with E-state index in [0.29, 0.717) is 0 Å². The lowest BCUT2D eigenvalue weighted by Crippen LogP contribution is -2.45. The van der Waals surface area contributed by atoms with E-state index in [-0.39, 0.29) is 0 Å². The Balaban J connectivity index is 1.90. The third-order valence-corrected chi connectivity index (χ3v) is 3.50. The van der Waals surface area contributed by atoms with Crippen molar-refractivity contribution in [3.8, 4) is 0 Å². The third kappa shape index (κ3) is 2.01. The molecule has 4 heteroatoms. The molecule has 0 amide bonds. The maximum atomic E-state index is 4.41. The monoisotopic (exact) mass is 257 g/mol. The van der Waals surface area contributed by atoms with E-state index in [9.17, 15) is 0 Å². The van der Waals surface area contributed by atoms with Crippen LogP contribution in [0.15, 0.2) is 10.7 Å². The summed E-state index contributed by atoms with van der Waals surface area (Å²) in [5.41, 5.74) is 1.15. The SMILES string of the molecule is CCC1CN(Cc2nn(C)cc2Br)C1. The molecule has 14 heavy (non-hydrogen) atoms. The minimum absolute atomic E-state index is 0.914. The number of hydrogen-bond acceptors (Lipinski definition) is 2. The highest BCUT2D eigenvalue weighted by atomic mass is 79.9. The average molecular weight is 258 g/mol. The predicted octanol–water partition coefficient (Wildman–Crippen LogP) is 2.02. The molecule has 0 aliphatic carbocycles. The second-order valence-corrected chi connectivity index (χ2v) is 4.92. The molecule has 0 unspecified atom stereocenters. The number of hydrogen-bond donors (Lipinski definition) is 0. The van der Waals surface area contributed by atoms with Crippen LogP contribution < -0.4 is 0 Å². The molecule has 0 radical (unpaired) electrons. The molecule has 0 saturated carbocycles. The molecule has 1 saturated heterocycles. The van der Waals surface area contributed by atoms with Crippen LogP contribution in [0.3, 0.4) is 0 Å². The zero-order valence-electron chi connectivity index (χ0n) is 8.70. The Morgan fingerprint density at radius 1 is 1.57 bits per heavy atom. The Hall–Kier alpha value is -0.350. The van der Waals surface area contributed by atoms with E-state index in [4.69, 9.17) is 0 Å². The van der Waals surface area contributed by atoms with Gasteiger partial charge in [0.15, 0.2) is 0 Å². The summed E-state index contributed by atoms with van der Waals surface area (Å²) in [5, 5.41) is 4.41. The molecular weight excluding hydrogens is 242 g/mol. The first-order valence-corrected chi connectivity index (χ1v) is 5.88. The van der Waals surface area contributed by atoms with Crippen LogP contribution in [0.5, 0.6) is 0 Å². The summed E-state index contributed by atoms with van der Waals surface area (Å²) in [5.74, 6) is 0.914. The predicted molar refractivity (Wildman–Crippen MR) is 60.0 cm³/mol. The van der Waals surface area contributed by atoms with Crippen LogP contribution in [0.25, 0.3) is 0 Å². The van der Waals surface area contributed by atoms with Gasteiger partial charge in [-0.15, -0.1) is 0 Å². The quantitative estimate of drug-likeness (QED) is 0.827. The van der Waals surface area contributed by atoms with Crippen molar-refractivity contribution in [3.63, 3.8) is 0 Å². The van der Waals surface area contributed by atoms with Crippen molar-refractivity contribution in [2.45, 2.75) is 19.9 Å². The number of halogens is 1. The van der Waals surface area contributed by atoms with Crippen LogP contribution in [0, 0.1) is 5.92 Å². The normalized spacial score (nSPS) is 18.5. The summed E-state index contributed by atoms with van der Waals surface area (Å²) < 4.78 is 2.98. The van der Waals surface area contributed by atoms with E-state index in [0.717, 1.165) is 22.6 Å². The molecule has 78 valence electrons. The van der Waals surface area contributed by atoms with Crippen molar-refractivity contribution < 1.29 is 0 Å². The first-order valence-electron chi connectivity index (χ1n) is 5.09. The first-order chi connectivity index (χ1) is 6.69. The van der Waals surface area contributed by atoms with Gasteiger partial charge in [0, 0.05) is 32.9 Å². The lowest BCUT2D eigenvalue weighted by atomic mass is 9.97. The van der Waals surface area contributed by atoms with Gasteiger partial charge in [0.2, 0.25) is 0 Å². The number of aryl methyl sites for hydroxylation is 1. The average Bonchev–Trinajstić information content (AvgIpc) is 2.37. The van der Waals surface area contributed by atoms with Crippen LogP contribution in [0.1, 0.15) is 19.0 Å². The summed E-state index contributed by atoms with van der Waals surface area (Å²) in [6.07, 6.45) is 3.31. The number of rotatable bonds is 3. The largest absolute Gasteiger partial charge is 0.297 e. The second kappa shape index (κ2) is 4.03. The van der Waals surface area contributed by atoms with Gasteiger partial charge in [0.1, 0.15) is 0 Å². The molecular formula is C10H16BrN3. The van der Waals surface area contributed by atoms with Gasteiger partial charge in [0.25, 0.3) is 0 Å². The Kier molecular flexibility index (Phi) is 2.93. The van der Waals surface area contributed by atoms with Crippen molar-refractivity contribution in [1.82, 2.24) is 14.7 Å². The molecule has 0 N–H and O–H groups in total. The van der Waals surface area contributed by atoms with E-state index in [1.165, 1.54) is 19.5 Å². The molecule has 1 aliphatic heterocycles. The smallest absolute Gasteiger partial charge is 0.0906 e. The zero-order valence-corrected chi connectivity index (χ0v) is 10.3. The Bertz CT molecular complexity index is 315. The molecule has 1 aromatic rings. The fourth-order valence-electron chi connectivity index (χ4n) is 1.89. The molecule has 0 spiro atoms. The summed E-state index contributed by atoms with van der Waals surface area (Å²) in [6, 6.07) is 0. The van der Waals surface area contributed by atoms with Crippen molar-refractivity contribution in [3.05, 3.63) is 16.4 Å². The van der Waals surface area contributed by atoms with Crippen molar-refractivity contribution in [1.29, 1.82) is 0 Å². The highest BCUT2D eigenvalue weighted by molar-refractivity contribution is 9.10. The van der Waals surface area contributed by atoms with Gasteiger partial charge < -0.3 is 0 Å². The molecule has 3 nitrogen and oxygen atoms in total. The fraction of sp³-hybridized carbons (Fsp3) is 0.700. The second-order valence-electron chi connectivity index (χ2n) is 4.07. The van der Waals surface area contributed by atoms with E-state index < -0.39 is 0 Å². The molecule has 2 rings (SSSR count). The molecule has 0 bridgehead atoms. The van der Waals surface area contributed by atoms with Gasteiger partial charge in [-0.1, -0.05) is 13.3 Å². The first kappa shape index (κ1) is 10.2. The molecule has 1 aromatic heterocycles. The van der Waals surface area contributed by atoms with Crippen LogP contribution in [0.4, 0.5) is 0 Å². The van der Waals surface area contributed by atoms with Crippen LogP contribution in [-0.2, 0) is 13.6 Å². The van der Waals surface area contributed by atoms with Crippen LogP contribution in [-0.4, -0.2) is 27.8 Å². The number of nitrogens with zero attached hydrogens (tertiary/aromatic N) is 3. The van der Waals surface area contributed by atoms with Crippen LogP contribution in [0.2, 0.25) is 0 Å². The maximum absolute atomic E-state index is 4.41. The topological polar surface area (TPSA) is 21.1 Å². The minimum atomic E-state index is 0.914. The molecule has 1 fully saturated rings. The van der Waals surface area contributed by atoms with Gasteiger partial charge in [-0.25, -0.2) is 0 Å². The van der Waals surface area contributed by atoms with Gasteiger partial charge in [-0.3, -0.25) is 9.58 Å². The zero-order chi connectivity index (χ0) is 10.1. The summed E-state index contributed by atoms with van der Waals surface area (Å²) in [6.45, 7) is 5.72. The Morgan fingerprint density at radius 2 is 2.29 bits per heavy atom. The van der Waals surface area contributed by atoms with Gasteiger partial charge in [0.05, 0.1) is 10.2 Å². The molecule has 0 aromatic carbocycles. The van der Waals surface area contributed by atoms with Gasteiger partial charge >= 0.3 is 0 Å². The standard InChI is InChI=1S/C10H16BrN3/c1-3-8-4-14(5-8)7-10-9(11)6-13(2)12-10/h6,8H,3-5,7H2,1-2H3. The van der Waals surface area contributed by atoms with Crippen molar-refractivity contribution >= 4 is 15.9 Å². The minimum Gasteiger partial charge on any atom is -0.297 e. The fourth-order valence-corrected chi connectivity index (χ4v) is 2.39.